The normalized spacial score (nSPS) is 10.9. The van der Waals surface area contributed by atoms with Crippen LogP contribution in [0.2, 0.25) is 0 Å². The van der Waals surface area contributed by atoms with Crippen molar-refractivity contribution in [2.75, 3.05) is 7.11 Å². The lowest BCUT2D eigenvalue weighted by molar-refractivity contribution is -0.131. The van der Waals surface area contributed by atoms with Gasteiger partial charge in [-0.1, -0.05) is 19.9 Å². The van der Waals surface area contributed by atoms with Gasteiger partial charge in [-0.3, -0.25) is 0 Å². The van der Waals surface area contributed by atoms with Crippen LogP contribution in [-0.2, 0) is 4.79 Å². The van der Waals surface area contributed by atoms with Crippen LogP contribution in [0.15, 0.2) is 24.3 Å². The third kappa shape index (κ3) is 4.66. The van der Waals surface area contributed by atoms with E-state index in [1.165, 1.54) is 6.08 Å². The summed E-state index contributed by atoms with van der Waals surface area (Å²) in [6, 6.07) is 5.36. The Hall–Kier alpha value is -1.97. The molecule has 0 heterocycles. The fourth-order valence-corrected chi connectivity index (χ4v) is 1.69. The topological polar surface area (TPSA) is 55.8 Å². The minimum absolute atomic E-state index is 0.132. The Morgan fingerprint density at radius 3 is 2.53 bits per heavy atom. The van der Waals surface area contributed by atoms with Crippen LogP contribution in [0.3, 0.4) is 0 Å². The van der Waals surface area contributed by atoms with Gasteiger partial charge in [0, 0.05) is 6.08 Å². The van der Waals surface area contributed by atoms with E-state index in [4.69, 9.17) is 14.6 Å². The van der Waals surface area contributed by atoms with Crippen molar-refractivity contribution >= 4 is 12.0 Å². The van der Waals surface area contributed by atoms with Gasteiger partial charge in [0.15, 0.2) is 11.5 Å². The summed E-state index contributed by atoms with van der Waals surface area (Å²) >= 11 is 0. The molecule has 0 saturated carbocycles. The Balaban J connectivity index is 2.98. The second-order valence-corrected chi connectivity index (χ2v) is 4.14. The van der Waals surface area contributed by atoms with Crippen LogP contribution in [0.25, 0.3) is 6.08 Å². The number of ether oxygens (including phenoxy) is 2. The van der Waals surface area contributed by atoms with E-state index in [0.29, 0.717) is 11.5 Å². The fraction of sp³-hybridized carbons (Fsp3) is 0.400. The lowest BCUT2D eigenvalue weighted by Crippen LogP contribution is -2.14. The lowest BCUT2D eigenvalue weighted by atomic mass is 10.1. The van der Waals surface area contributed by atoms with Gasteiger partial charge in [0.05, 0.1) is 13.2 Å². The van der Waals surface area contributed by atoms with E-state index >= 15 is 0 Å². The minimum Gasteiger partial charge on any atom is -0.493 e. The summed E-state index contributed by atoms with van der Waals surface area (Å²) in [4.78, 5) is 10.5. The van der Waals surface area contributed by atoms with E-state index in [1.807, 2.05) is 0 Å². The average molecular weight is 264 g/mol. The molecule has 1 aromatic rings. The molecular formula is C15H20O4. The van der Waals surface area contributed by atoms with Crippen molar-refractivity contribution < 1.29 is 19.4 Å². The summed E-state index contributed by atoms with van der Waals surface area (Å²) in [5.74, 6) is 0.321. The number of rotatable bonds is 7. The maximum atomic E-state index is 10.5. The Morgan fingerprint density at radius 1 is 1.32 bits per heavy atom. The standard InChI is InChI=1S/C15H20O4/c1-4-12(5-2)19-14-10-11(7-9-15(16)17)6-8-13(14)18-3/h6-10,12H,4-5H2,1-3H3,(H,16,17). The summed E-state index contributed by atoms with van der Waals surface area (Å²) < 4.78 is 11.1. The average Bonchev–Trinajstić information content (AvgIpc) is 2.42. The summed E-state index contributed by atoms with van der Waals surface area (Å²) in [6.07, 6.45) is 4.58. The molecule has 0 aliphatic carbocycles. The second kappa shape index (κ2) is 7.46. The van der Waals surface area contributed by atoms with Crippen LogP contribution in [0.5, 0.6) is 11.5 Å². The van der Waals surface area contributed by atoms with Crippen molar-refractivity contribution in [3.8, 4) is 11.5 Å². The Bertz CT molecular complexity index is 447. The molecule has 0 aliphatic heterocycles. The molecule has 0 saturated heterocycles. The summed E-state index contributed by atoms with van der Waals surface area (Å²) in [5, 5.41) is 8.62. The molecule has 0 spiro atoms. The Kier molecular flexibility index (Phi) is 5.93. The first-order valence-electron chi connectivity index (χ1n) is 6.36. The highest BCUT2D eigenvalue weighted by molar-refractivity contribution is 5.85. The zero-order chi connectivity index (χ0) is 14.3. The molecule has 0 aliphatic rings. The first-order valence-corrected chi connectivity index (χ1v) is 6.36. The van der Waals surface area contributed by atoms with Gasteiger partial charge in [0.2, 0.25) is 0 Å². The van der Waals surface area contributed by atoms with Crippen LogP contribution >= 0.6 is 0 Å². The van der Waals surface area contributed by atoms with Crippen molar-refractivity contribution in [2.45, 2.75) is 32.8 Å². The number of benzene rings is 1. The third-order valence-electron chi connectivity index (χ3n) is 2.81. The Morgan fingerprint density at radius 2 is 2.00 bits per heavy atom. The van der Waals surface area contributed by atoms with Gasteiger partial charge in [0.1, 0.15) is 0 Å². The molecule has 1 aromatic carbocycles. The van der Waals surface area contributed by atoms with Crippen LogP contribution in [0.1, 0.15) is 32.3 Å². The zero-order valence-electron chi connectivity index (χ0n) is 11.6. The summed E-state index contributed by atoms with van der Waals surface area (Å²) in [5.41, 5.74) is 0.768. The van der Waals surface area contributed by atoms with Gasteiger partial charge in [0.25, 0.3) is 0 Å². The third-order valence-corrected chi connectivity index (χ3v) is 2.81. The number of carboxylic acid groups (broad SMARTS) is 1. The molecule has 4 nitrogen and oxygen atoms in total. The van der Waals surface area contributed by atoms with Gasteiger partial charge in [-0.25, -0.2) is 4.79 Å². The maximum absolute atomic E-state index is 10.5. The molecule has 4 heteroatoms. The van der Waals surface area contributed by atoms with Gasteiger partial charge >= 0.3 is 5.97 Å². The molecule has 19 heavy (non-hydrogen) atoms. The molecule has 104 valence electrons. The molecule has 0 radical (unpaired) electrons. The molecule has 0 aromatic heterocycles. The molecule has 0 unspecified atom stereocenters. The Labute approximate surface area is 113 Å². The fourth-order valence-electron chi connectivity index (χ4n) is 1.69. The smallest absolute Gasteiger partial charge is 0.328 e. The van der Waals surface area contributed by atoms with Crippen LogP contribution in [0, 0.1) is 0 Å². The molecule has 0 fully saturated rings. The highest BCUT2D eigenvalue weighted by atomic mass is 16.5. The largest absolute Gasteiger partial charge is 0.493 e. The molecule has 0 amide bonds. The van der Waals surface area contributed by atoms with E-state index in [-0.39, 0.29) is 6.10 Å². The number of carboxylic acids is 1. The van der Waals surface area contributed by atoms with Gasteiger partial charge in [-0.05, 0) is 36.6 Å². The van der Waals surface area contributed by atoms with E-state index in [9.17, 15) is 4.79 Å². The van der Waals surface area contributed by atoms with Gasteiger partial charge in [-0.2, -0.15) is 0 Å². The molecule has 0 bridgehead atoms. The highest BCUT2D eigenvalue weighted by Gasteiger charge is 2.10. The number of hydrogen-bond acceptors (Lipinski definition) is 3. The van der Waals surface area contributed by atoms with Crippen molar-refractivity contribution in [1.29, 1.82) is 0 Å². The zero-order valence-corrected chi connectivity index (χ0v) is 11.6. The number of methoxy groups -OCH3 is 1. The van der Waals surface area contributed by atoms with E-state index in [1.54, 1.807) is 25.3 Å². The van der Waals surface area contributed by atoms with Crippen molar-refractivity contribution in [3.05, 3.63) is 29.8 Å². The highest BCUT2D eigenvalue weighted by Crippen LogP contribution is 2.30. The predicted molar refractivity (Wildman–Crippen MR) is 74.7 cm³/mol. The first kappa shape index (κ1) is 15.1. The second-order valence-electron chi connectivity index (χ2n) is 4.14. The van der Waals surface area contributed by atoms with Crippen molar-refractivity contribution in [3.63, 3.8) is 0 Å². The summed E-state index contributed by atoms with van der Waals surface area (Å²) in [7, 11) is 1.59. The van der Waals surface area contributed by atoms with Crippen LogP contribution in [-0.4, -0.2) is 24.3 Å². The molecule has 1 rings (SSSR count). The van der Waals surface area contributed by atoms with E-state index in [2.05, 4.69) is 13.8 Å². The quantitative estimate of drug-likeness (QED) is 0.767. The van der Waals surface area contributed by atoms with Gasteiger partial charge in [-0.15, -0.1) is 0 Å². The monoisotopic (exact) mass is 264 g/mol. The van der Waals surface area contributed by atoms with E-state index in [0.717, 1.165) is 24.5 Å². The first-order chi connectivity index (χ1) is 9.10. The predicted octanol–water partition coefficient (Wildman–Crippen LogP) is 3.36. The minimum atomic E-state index is -0.974. The van der Waals surface area contributed by atoms with Crippen molar-refractivity contribution in [2.24, 2.45) is 0 Å². The number of hydrogen-bond donors (Lipinski definition) is 1. The number of aliphatic carboxylic acids is 1. The maximum Gasteiger partial charge on any atom is 0.328 e. The number of carbonyl (C=O) groups is 1. The van der Waals surface area contributed by atoms with Gasteiger partial charge < -0.3 is 14.6 Å². The summed E-state index contributed by atoms with van der Waals surface area (Å²) in [6.45, 7) is 4.13. The van der Waals surface area contributed by atoms with E-state index < -0.39 is 5.97 Å². The van der Waals surface area contributed by atoms with Crippen LogP contribution < -0.4 is 9.47 Å². The molecular weight excluding hydrogens is 244 g/mol. The molecule has 1 N–H and O–H groups in total. The molecule has 0 atom stereocenters. The van der Waals surface area contributed by atoms with Crippen LogP contribution in [0.4, 0.5) is 0 Å². The van der Waals surface area contributed by atoms with Crippen molar-refractivity contribution in [1.82, 2.24) is 0 Å². The SMILES string of the molecule is CCC(CC)Oc1cc(C=CC(=O)O)ccc1OC. The lowest BCUT2D eigenvalue weighted by Gasteiger charge is -2.18.